The van der Waals surface area contributed by atoms with Gasteiger partial charge >= 0.3 is 0 Å². The maximum Gasteiger partial charge on any atom is 0.289 e. The number of hydrazone groups is 1. The van der Waals surface area contributed by atoms with Gasteiger partial charge in [-0.3, -0.25) is 9.89 Å². The van der Waals surface area contributed by atoms with Gasteiger partial charge in [0.05, 0.1) is 18.5 Å². The minimum Gasteiger partial charge on any atom is -0.507 e. The largest absolute Gasteiger partial charge is 0.507 e. The highest BCUT2D eigenvalue weighted by molar-refractivity contribution is 9.10. The Labute approximate surface area is 176 Å². The summed E-state index contributed by atoms with van der Waals surface area (Å²) in [6.45, 7) is 2.73. The van der Waals surface area contributed by atoms with Crippen molar-refractivity contribution in [1.29, 1.82) is 0 Å². The molecule has 2 aromatic carbocycles. The number of aromatic hydroxyl groups is 1. The van der Waals surface area contributed by atoms with E-state index in [0.29, 0.717) is 17.9 Å². The number of aromatic nitrogens is 2. The maximum absolute atomic E-state index is 12.3. The van der Waals surface area contributed by atoms with E-state index < -0.39 is 5.91 Å². The first-order valence-electron chi connectivity index (χ1n) is 9.18. The Morgan fingerprint density at radius 3 is 2.97 bits per heavy atom. The van der Waals surface area contributed by atoms with Crippen molar-refractivity contribution in [3.8, 4) is 22.8 Å². The van der Waals surface area contributed by atoms with Gasteiger partial charge in [-0.05, 0) is 42.8 Å². The number of nitrogens with zero attached hydrogens (tertiary/aromatic N) is 2. The predicted octanol–water partition coefficient (Wildman–Crippen LogP) is 4.49. The highest BCUT2D eigenvalue weighted by atomic mass is 79.9. The minimum atomic E-state index is -0.445. The van der Waals surface area contributed by atoms with Gasteiger partial charge in [0.25, 0.3) is 5.91 Å². The summed E-state index contributed by atoms with van der Waals surface area (Å²) in [4.78, 5) is 12.3. The van der Waals surface area contributed by atoms with Crippen molar-refractivity contribution in [2.24, 2.45) is 5.10 Å². The van der Waals surface area contributed by atoms with Gasteiger partial charge in [0, 0.05) is 15.6 Å². The van der Waals surface area contributed by atoms with Gasteiger partial charge in [-0.25, -0.2) is 5.43 Å². The molecule has 1 aromatic heterocycles. The molecule has 0 aliphatic heterocycles. The first-order chi connectivity index (χ1) is 14.1. The summed E-state index contributed by atoms with van der Waals surface area (Å²) in [6.07, 6.45) is 3.38. The van der Waals surface area contributed by atoms with E-state index in [9.17, 15) is 9.90 Å². The molecule has 0 radical (unpaired) electrons. The van der Waals surface area contributed by atoms with Crippen LogP contribution in [0, 0.1) is 0 Å². The van der Waals surface area contributed by atoms with E-state index >= 15 is 0 Å². The fraction of sp³-hybridized carbons (Fsp3) is 0.190. The fourth-order valence-corrected chi connectivity index (χ4v) is 2.93. The number of hydrogen-bond donors (Lipinski definition) is 3. The molecule has 0 atom stereocenters. The molecule has 0 spiro atoms. The molecule has 0 aliphatic rings. The average molecular weight is 457 g/mol. The first-order valence-corrected chi connectivity index (χ1v) is 9.97. The smallest absolute Gasteiger partial charge is 0.289 e. The molecule has 150 valence electrons. The van der Waals surface area contributed by atoms with E-state index in [2.05, 4.69) is 43.6 Å². The molecule has 0 aliphatic carbocycles. The second kappa shape index (κ2) is 9.88. The van der Waals surface area contributed by atoms with E-state index in [-0.39, 0.29) is 11.4 Å². The molecule has 8 heteroatoms. The molecular formula is C21H21BrN4O3. The zero-order valence-electron chi connectivity index (χ0n) is 15.9. The van der Waals surface area contributed by atoms with Gasteiger partial charge in [0.1, 0.15) is 17.2 Å². The number of halogens is 1. The van der Waals surface area contributed by atoms with Crippen molar-refractivity contribution in [1.82, 2.24) is 15.6 Å². The molecule has 3 rings (SSSR count). The lowest BCUT2D eigenvalue weighted by Gasteiger charge is -2.09. The second-order valence-corrected chi connectivity index (χ2v) is 7.18. The monoisotopic (exact) mass is 456 g/mol. The third-order valence-electron chi connectivity index (χ3n) is 4.10. The summed E-state index contributed by atoms with van der Waals surface area (Å²) in [7, 11) is 0. The van der Waals surface area contributed by atoms with Crippen LogP contribution in [-0.4, -0.2) is 34.0 Å². The number of phenols is 1. The van der Waals surface area contributed by atoms with Crippen molar-refractivity contribution in [3.63, 3.8) is 0 Å². The van der Waals surface area contributed by atoms with Crippen molar-refractivity contribution in [2.45, 2.75) is 19.8 Å². The SMILES string of the molecule is CCCCOc1ccccc1-c1cc(C(=O)NN=Cc2cc(Br)ccc2O)[nH]n1. The summed E-state index contributed by atoms with van der Waals surface area (Å²) >= 11 is 3.32. The number of H-pyrrole nitrogens is 1. The molecule has 7 nitrogen and oxygen atoms in total. The van der Waals surface area contributed by atoms with Crippen molar-refractivity contribution in [3.05, 3.63) is 64.3 Å². The number of unbranched alkanes of at least 4 members (excludes halogenated alkanes) is 1. The van der Waals surface area contributed by atoms with Gasteiger partial charge < -0.3 is 9.84 Å². The van der Waals surface area contributed by atoms with Crippen LogP contribution in [0.4, 0.5) is 0 Å². The topological polar surface area (TPSA) is 99.6 Å². The third-order valence-corrected chi connectivity index (χ3v) is 4.59. The number of para-hydroxylation sites is 1. The van der Waals surface area contributed by atoms with Gasteiger partial charge in [-0.15, -0.1) is 0 Å². The van der Waals surface area contributed by atoms with Crippen molar-refractivity contribution in [2.75, 3.05) is 6.61 Å². The predicted molar refractivity (Wildman–Crippen MR) is 115 cm³/mol. The number of carbonyl (C=O) groups excluding carboxylic acids is 1. The summed E-state index contributed by atoms with van der Waals surface area (Å²) in [6, 6.07) is 14.2. The molecular weight excluding hydrogens is 436 g/mol. The molecule has 3 aromatic rings. The standard InChI is InChI=1S/C21H21BrN4O3/c1-2-3-10-29-20-7-5-4-6-16(20)17-12-18(25-24-17)21(28)26-23-13-14-11-15(22)8-9-19(14)27/h4-9,11-13,27H,2-3,10H2,1H3,(H,24,25)(H,26,28). The Hall–Kier alpha value is -3.13. The second-order valence-electron chi connectivity index (χ2n) is 6.27. The number of benzene rings is 2. The van der Waals surface area contributed by atoms with Crippen LogP contribution in [0.3, 0.4) is 0 Å². The molecule has 29 heavy (non-hydrogen) atoms. The summed E-state index contributed by atoms with van der Waals surface area (Å²) in [5.74, 6) is 0.344. The number of aromatic amines is 1. The van der Waals surface area contributed by atoms with Crippen molar-refractivity contribution < 1.29 is 14.6 Å². The lowest BCUT2D eigenvalue weighted by atomic mass is 10.1. The number of hydrogen-bond acceptors (Lipinski definition) is 5. The number of ether oxygens (including phenoxy) is 1. The van der Waals surface area contributed by atoms with Crippen LogP contribution in [0.15, 0.2) is 58.1 Å². The molecule has 0 saturated heterocycles. The van der Waals surface area contributed by atoms with Crippen LogP contribution in [0.5, 0.6) is 11.5 Å². The number of amides is 1. The Morgan fingerprint density at radius 2 is 2.14 bits per heavy atom. The molecule has 1 amide bonds. The Morgan fingerprint density at radius 1 is 1.31 bits per heavy atom. The van der Waals surface area contributed by atoms with Crippen LogP contribution in [0.2, 0.25) is 0 Å². The lowest BCUT2D eigenvalue weighted by Crippen LogP contribution is -2.18. The Bertz CT molecular complexity index is 1020. The number of nitrogens with one attached hydrogen (secondary N) is 2. The maximum atomic E-state index is 12.3. The number of carbonyl (C=O) groups is 1. The summed E-state index contributed by atoms with van der Waals surface area (Å²) in [5, 5.41) is 20.6. The van der Waals surface area contributed by atoms with Gasteiger partial charge in [0.15, 0.2) is 0 Å². The quantitative estimate of drug-likeness (QED) is 0.264. The highest BCUT2D eigenvalue weighted by Crippen LogP contribution is 2.29. The van der Waals surface area contributed by atoms with Crippen LogP contribution in [-0.2, 0) is 0 Å². The zero-order chi connectivity index (χ0) is 20.6. The van der Waals surface area contributed by atoms with Gasteiger partial charge in [0.2, 0.25) is 0 Å². The lowest BCUT2D eigenvalue weighted by molar-refractivity contribution is 0.0950. The van der Waals surface area contributed by atoms with Gasteiger partial charge in [-0.2, -0.15) is 10.2 Å². The number of phenolic OH excluding ortho intramolecular Hbond substituents is 1. The summed E-state index contributed by atoms with van der Waals surface area (Å²) < 4.78 is 6.62. The van der Waals surface area contributed by atoms with E-state index in [1.807, 2.05) is 24.3 Å². The van der Waals surface area contributed by atoms with Crippen LogP contribution >= 0.6 is 15.9 Å². The van der Waals surface area contributed by atoms with Crippen LogP contribution < -0.4 is 10.2 Å². The van der Waals surface area contributed by atoms with Crippen molar-refractivity contribution >= 4 is 28.1 Å². The number of rotatable bonds is 8. The molecule has 0 saturated carbocycles. The zero-order valence-corrected chi connectivity index (χ0v) is 17.4. The Balaban J connectivity index is 1.69. The molecule has 1 heterocycles. The molecule has 0 bridgehead atoms. The first kappa shape index (κ1) is 20.6. The van der Waals surface area contributed by atoms with E-state index in [1.54, 1.807) is 18.2 Å². The normalized spacial score (nSPS) is 11.0. The minimum absolute atomic E-state index is 0.0645. The Kier molecular flexibility index (Phi) is 7.02. The molecule has 0 fully saturated rings. The van der Waals surface area contributed by atoms with E-state index in [4.69, 9.17) is 4.74 Å². The molecule has 3 N–H and O–H groups in total. The van der Waals surface area contributed by atoms with Gasteiger partial charge in [-0.1, -0.05) is 41.4 Å². The fourth-order valence-electron chi connectivity index (χ4n) is 2.56. The average Bonchev–Trinajstić information content (AvgIpc) is 3.21. The summed E-state index contributed by atoms with van der Waals surface area (Å²) in [5.41, 5.74) is 4.57. The van der Waals surface area contributed by atoms with Crippen LogP contribution in [0.1, 0.15) is 35.8 Å². The van der Waals surface area contributed by atoms with Crippen LogP contribution in [0.25, 0.3) is 11.3 Å². The highest BCUT2D eigenvalue weighted by Gasteiger charge is 2.13. The third kappa shape index (κ3) is 5.45. The van der Waals surface area contributed by atoms with E-state index in [1.165, 1.54) is 12.3 Å². The van der Waals surface area contributed by atoms with E-state index in [0.717, 1.165) is 28.6 Å². The molecule has 0 unspecified atom stereocenters.